The summed E-state index contributed by atoms with van der Waals surface area (Å²) in [7, 11) is 3.52. The molecule has 0 unspecified atom stereocenters. The maximum Gasteiger partial charge on any atom is 0.217 e. The van der Waals surface area contributed by atoms with E-state index in [0.29, 0.717) is 18.0 Å². The highest BCUT2D eigenvalue weighted by Crippen LogP contribution is 2.22. The number of aliphatic imine (C=N–C) groups is 1. The zero-order chi connectivity index (χ0) is 21.6. The zero-order valence-corrected chi connectivity index (χ0v) is 18.1. The van der Waals surface area contributed by atoms with E-state index in [1.807, 2.05) is 50.1 Å². The third-order valence-electron chi connectivity index (χ3n) is 4.86. The van der Waals surface area contributed by atoms with Crippen LogP contribution in [0.5, 0.6) is 5.75 Å². The van der Waals surface area contributed by atoms with Gasteiger partial charge in [0.25, 0.3) is 0 Å². The van der Waals surface area contributed by atoms with Gasteiger partial charge in [0.2, 0.25) is 5.96 Å². The number of rotatable bonds is 7. The Hall–Kier alpha value is -2.87. The SMILES string of the molecule is CC[C@H](CO)NC(=N)/N=C(\c1ncn(C(C)C)c1C)N(C)c1ccc(OC)cc1. The van der Waals surface area contributed by atoms with Crippen LogP contribution < -0.4 is 15.0 Å². The molecule has 1 aromatic carbocycles. The predicted molar refractivity (Wildman–Crippen MR) is 117 cm³/mol. The van der Waals surface area contributed by atoms with Crippen molar-refractivity contribution < 1.29 is 9.84 Å². The number of ether oxygens (including phenoxy) is 1. The Balaban J connectivity index is 2.47. The van der Waals surface area contributed by atoms with E-state index in [1.165, 1.54) is 0 Å². The van der Waals surface area contributed by atoms with Gasteiger partial charge in [-0.25, -0.2) is 4.98 Å². The minimum atomic E-state index is -0.215. The van der Waals surface area contributed by atoms with Gasteiger partial charge in [-0.15, -0.1) is 0 Å². The fourth-order valence-electron chi connectivity index (χ4n) is 2.99. The molecule has 8 heteroatoms. The fraction of sp³-hybridized carbons (Fsp3) is 0.476. The van der Waals surface area contributed by atoms with Gasteiger partial charge >= 0.3 is 0 Å². The van der Waals surface area contributed by atoms with Crippen LogP contribution in [0.3, 0.4) is 0 Å². The number of benzene rings is 1. The quantitative estimate of drug-likeness (QED) is 0.490. The predicted octanol–water partition coefficient (Wildman–Crippen LogP) is 2.96. The molecule has 0 fully saturated rings. The van der Waals surface area contributed by atoms with Crippen LogP contribution in [0.4, 0.5) is 5.69 Å². The van der Waals surface area contributed by atoms with E-state index in [9.17, 15) is 5.11 Å². The maximum absolute atomic E-state index is 9.43. The van der Waals surface area contributed by atoms with Crippen LogP contribution in [-0.2, 0) is 0 Å². The van der Waals surface area contributed by atoms with Crippen LogP contribution in [0.1, 0.15) is 44.6 Å². The Bertz CT molecular complexity index is 837. The molecule has 158 valence electrons. The van der Waals surface area contributed by atoms with Gasteiger partial charge in [0, 0.05) is 24.5 Å². The Morgan fingerprint density at radius 2 is 2.00 bits per heavy atom. The van der Waals surface area contributed by atoms with E-state index < -0.39 is 0 Å². The topological polar surface area (TPSA) is 98.8 Å². The molecule has 0 radical (unpaired) electrons. The first-order valence-electron chi connectivity index (χ1n) is 9.78. The Kier molecular flexibility index (Phi) is 7.78. The molecule has 8 nitrogen and oxygen atoms in total. The summed E-state index contributed by atoms with van der Waals surface area (Å²) in [6, 6.07) is 7.68. The van der Waals surface area contributed by atoms with Crippen molar-refractivity contribution in [3.8, 4) is 5.75 Å². The maximum atomic E-state index is 9.43. The number of guanidine groups is 1. The highest BCUT2D eigenvalue weighted by molar-refractivity contribution is 6.13. The molecular formula is C21H32N6O2. The van der Waals surface area contributed by atoms with Gasteiger partial charge in [-0.1, -0.05) is 6.92 Å². The lowest BCUT2D eigenvalue weighted by atomic mass is 10.2. The number of imidazole rings is 1. The monoisotopic (exact) mass is 400 g/mol. The van der Waals surface area contributed by atoms with E-state index in [2.05, 4.69) is 33.7 Å². The molecule has 0 aliphatic heterocycles. The lowest BCUT2D eigenvalue weighted by molar-refractivity contribution is 0.252. The Morgan fingerprint density at radius 1 is 1.34 bits per heavy atom. The van der Waals surface area contributed by atoms with E-state index in [1.54, 1.807) is 13.4 Å². The number of nitrogens with zero attached hydrogens (tertiary/aromatic N) is 4. The van der Waals surface area contributed by atoms with Crippen LogP contribution in [0.25, 0.3) is 0 Å². The molecule has 0 amide bonds. The summed E-state index contributed by atoms with van der Waals surface area (Å²) in [6.07, 6.45) is 2.49. The first-order valence-corrected chi connectivity index (χ1v) is 9.78. The summed E-state index contributed by atoms with van der Waals surface area (Å²) in [4.78, 5) is 11.0. The minimum absolute atomic E-state index is 0.0141. The van der Waals surface area contributed by atoms with Crippen molar-refractivity contribution in [2.45, 2.75) is 46.2 Å². The van der Waals surface area contributed by atoms with Crippen LogP contribution in [0, 0.1) is 12.3 Å². The lowest BCUT2D eigenvalue weighted by Crippen LogP contribution is -2.38. The average molecular weight is 401 g/mol. The van der Waals surface area contributed by atoms with Gasteiger partial charge in [-0.2, -0.15) is 4.99 Å². The molecule has 2 rings (SSSR count). The van der Waals surface area contributed by atoms with E-state index in [4.69, 9.17) is 10.1 Å². The van der Waals surface area contributed by atoms with Crippen molar-refractivity contribution in [2.75, 3.05) is 25.7 Å². The number of methoxy groups -OCH3 is 1. The molecule has 0 aliphatic carbocycles. The number of nitrogens with one attached hydrogen (secondary N) is 2. The molecule has 0 spiro atoms. The summed E-state index contributed by atoms with van der Waals surface area (Å²) < 4.78 is 7.32. The van der Waals surface area contributed by atoms with Crippen molar-refractivity contribution >= 4 is 17.5 Å². The Morgan fingerprint density at radius 3 is 2.48 bits per heavy atom. The second-order valence-electron chi connectivity index (χ2n) is 7.15. The number of aliphatic hydroxyl groups is 1. The van der Waals surface area contributed by atoms with Crippen LogP contribution in [0.2, 0.25) is 0 Å². The van der Waals surface area contributed by atoms with E-state index >= 15 is 0 Å². The Labute approximate surface area is 172 Å². The molecule has 1 atom stereocenters. The number of hydrogen-bond donors (Lipinski definition) is 3. The first kappa shape index (κ1) is 22.4. The molecule has 0 bridgehead atoms. The average Bonchev–Trinajstić information content (AvgIpc) is 3.11. The molecule has 1 aromatic heterocycles. The van der Waals surface area contributed by atoms with Crippen molar-refractivity contribution in [2.24, 2.45) is 4.99 Å². The van der Waals surface area contributed by atoms with Gasteiger partial charge < -0.3 is 24.6 Å². The molecule has 29 heavy (non-hydrogen) atoms. The minimum Gasteiger partial charge on any atom is -0.497 e. The van der Waals surface area contributed by atoms with Gasteiger partial charge in [-0.05, 0) is 51.5 Å². The van der Waals surface area contributed by atoms with Crippen LogP contribution in [0.15, 0.2) is 35.6 Å². The second-order valence-corrected chi connectivity index (χ2v) is 7.15. The molecule has 0 aliphatic rings. The summed E-state index contributed by atoms with van der Waals surface area (Å²) in [5.41, 5.74) is 2.58. The van der Waals surface area contributed by atoms with Crippen LogP contribution in [-0.4, -0.2) is 53.3 Å². The molecule has 2 aromatic rings. The third kappa shape index (κ3) is 5.35. The summed E-state index contributed by atoms with van der Waals surface area (Å²) in [5.74, 6) is 1.31. The summed E-state index contributed by atoms with van der Waals surface area (Å²) in [5, 5.41) is 20.7. The van der Waals surface area contributed by atoms with Gasteiger partial charge in [0.05, 0.1) is 26.1 Å². The molecule has 0 saturated heterocycles. The number of aromatic nitrogens is 2. The van der Waals surface area contributed by atoms with Crippen LogP contribution >= 0.6 is 0 Å². The summed E-state index contributed by atoms with van der Waals surface area (Å²) in [6.45, 7) is 8.08. The van der Waals surface area contributed by atoms with Crippen molar-refractivity contribution in [3.05, 3.63) is 42.0 Å². The molecule has 1 heterocycles. The normalized spacial score (nSPS) is 12.8. The third-order valence-corrected chi connectivity index (χ3v) is 4.86. The van der Waals surface area contributed by atoms with Gasteiger partial charge in [0.15, 0.2) is 5.84 Å². The second kappa shape index (κ2) is 10.1. The first-order chi connectivity index (χ1) is 13.8. The highest BCUT2D eigenvalue weighted by atomic mass is 16.5. The molecular weight excluding hydrogens is 368 g/mol. The highest BCUT2D eigenvalue weighted by Gasteiger charge is 2.20. The van der Waals surface area contributed by atoms with Crippen molar-refractivity contribution in [1.29, 1.82) is 5.41 Å². The number of aliphatic hydroxyl groups excluding tert-OH is 1. The number of hydrogen-bond acceptors (Lipinski definition) is 4. The smallest absolute Gasteiger partial charge is 0.217 e. The van der Waals surface area contributed by atoms with E-state index in [0.717, 1.165) is 17.1 Å². The molecule has 0 saturated carbocycles. The lowest BCUT2D eigenvalue weighted by Gasteiger charge is -2.22. The van der Waals surface area contributed by atoms with Gasteiger partial charge in [0.1, 0.15) is 11.4 Å². The van der Waals surface area contributed by atoms with E-state index in [-0.39, 0.29) is 24.7 Å². The standard InChI is InChI=1S/C21H32N6O2/c1-7-16(12-28)24-21(22)25-20(19-15(4)27(13-23-19)14(2)3)26(5)17-8-10-18(29-6)11-9-17/h8-11,13-14,16,28H,7,12H2,1-6H3,(H2,22,24)/b25-20+/t16-/m1/s1. The molecule has 3 N–H and O–H groups in total. The largest absolute Gasteiger partial charge is 0.497 e. The number of anilines is 1. The zero-order valence-electron chi connectivity index (χ0n) is 18.1. The van der Waals surface area contributed by atoms with Crippen molar-refractivity contribution in [1.82, 2.24) is 14.9 Å². The van der Waals surface area contributed by atoms with Crippen molar-refractivity contribution in [3.63, 3.8) is 0 Å². The fourth-order valence-corrected chi connectivity index (χ4v) is 2.99. The number of amidine groups is 1. The van der Waals surface area contributed by atoms with Gasteiger partial charge in [-0.3, -0.25) is 5.41 Å². The summed E-state index contributed by atoms with van der Waals surface area (Å²) >= 11 is 0.